The smallest absolute Gasteiger partial charge is 0.159 e. The number of rotatable bonds is 5. The van der Waals surface area contributed by atoms with Gasteiger partial charge in [0.15, 0.2) is 5.78 Å². The lowest BCUT2D eigenvalue weighted by Crippen LogP contribution is -1.94. The Labute approximate surface area is 105 Å². The molecule has 0 spiro atoms. The van der Waals surface area contributed by atoms with Crippen molar-refractivity contribution in [1.29, 1.82) is 0 Å². The highest BCUT2D eigenvalue weighted by atomic mass is 32.2. The highest BCUT2D eigenvalue weighted by Crippen LogP contribution is 2.38. The van der Waals surface area contributed by atoms with Crippen molar-refractivity contribution >= 4 is 29.3 Å². The van der Waals surface area contributed by atoms with Gasteiger partial charge in [-0.3, -0.25) is 4.79 Å². The predicted octanol–water partition coefficient (Wildman–Crippen LogP) is 3.82. The highest BCUT2D eigenvalue weighted by molar-refractivity contribution is 8.00. The summed E-state index contributed by atoms with van der Waals surface area (Å²) in [6.07, 6.45) is 0. The summed E-state index contributed by atoms with van der Waals surface area (Å²) in [5.41, 5.74) is 0.671. The first-order valence-corrected chi connectivity index (χ1v) is 7.20. The van der Waals surface area contributed by atoms with Gasteiger partial charge in [0.2, 0.25) is 0 Å². The van der Waals surface area contributed by atoms with Gasteiger partial charge in [0.25, 0.3) is 0 Å². The second kappa shape index (κ2) is 6.21. The van der Waals surface area contributed by atoms with Crippen molar-refractivity contribution < 1.29 is 9.90 Å². The largest absolute Gasteiger partial charge is 0.506 e. The molecule has 0 fully saturated rings. The van der Waals surface area contributed by atoms with Crippen molar-refractivity contribution in [3.8, 4) is 5.75 Å². The van der Waals surface area contributed by atoms with Gasteiger partial charge in [-0.05, 0) is 30.6 Å². The van der Waals surface area contributed by atoms with Crippen LogP contribution >= 0.6 is 23.5 Å². The molecule has 0 aliphatic rings. The zero-order valence-corrected chi connectivity index (χ0v) is 11.4. The van der Waals surface area contributed by atoms with Gasteiger partial charge in [0.1, 0.15) is 5.75 Å². The first-order valence-electron chi connectivity index (χ1n) is 5.23. The molecule has 0 atom stereocenters. The number of phenols is 1. The van der Waals surface area contributed by atoms with Gasteiger partial charge >= 0.3 is 0 Å². The van der Waals surface area contributed by atoms with Gasteiger partial charge in [-0.25, -0.2) is 0 Å². The van der Waals surface area contributed by atoms with Crippen LogP contribution in [0.15, 0.2) is 21.9 Å². The van der Waals surface area contributed by atoms with E-state index in [0.29, 0.717) is 11.3 Å². The molecular formula is C12H16O2S2. The SMILES string of the molecule is CCSc1cc(C(C)=O)cc(SCC)c1O. The van der Waals surface area contributed by atoms with Crippen molar-refractivity contribution in [3.05, 3.63) is 17.7 Å². The van der Waals surface area contributed by atoms with Gasteiger partial charge in [0.05, 0.1) is 9.79 Å². The number of Topliss-reactive ketones (excluding diaryl/α,β-unsaturated/α-hetero) is 1. The van der Waals surface area contributed by atoms with Crippen molar-refractivity contribution in [2.75, 3.05) is 11.5 Å². The van der Waals surface area contributed by atoms with E-state index in [4.69, 9.17) is 0 Å². The van der Waals surface area contributed by atoms with Crippen LogP contribution in [-0.4, -0.2) is 22.4 Å². The Balaban J connectivity index is 3.21. The average Bonchev–Trinajstić information content (AvgIpc) is 2.24. The van der Waals surface area contributed by atoms with Crippen LogP contribution in [0.3, 0.4) is 0 Å². The van der Waals surface area contributed by atoms with E-state index in [1.165, 1.54) is 0 Å². The molecule has 1 rings (SSSR count). The van der Waals surface area contributed by atoms with Crippen LogP contribution < -0.4 is 0 Å². The van der Waals surface area contributed by atoms with Gasteiger partial charge in [-0.15, -0.1) is 23.5 Å². The van der Waals surface area contributed by atoms with E-state index in [9.17, 15) is 9.90 Å². The van der Waals surface area contributed by atoms with Gasteiger partial charge in [-0.1, -0.05) is 13.8 Å². The molecule has 0 saturated carbocycles. The van der Waals surface area contributed by atoms with Crippen LogP contribution in [0.25, 0.3) is 0 Å². The molecule has 2 nitrogen and oxygen atoms in total. The lowest BCUT2D eigenvalue weighted by molar-refractivity contribution is 0.101. The Hall–Kier alpha value is -0.610. The zero-order chi connectivity index (χ0) is 12.1. The Morgan fingerprint density at radius 2 is 1.62 bits per heavy atom. The third-order valence-corrected chi connectivity index (χ3v) is 3.87. The van der Waals surface area contributed by atoms with E-state index in [1.54, 1.807) is 42.6 Å². The summed E-state index contributed by atoms with van der Waals surface area (Å²) in [5, 5.41) is 10.0. The summed E-state index contributed by atoms with van der Waals surface area (Å²) in [4.78, 5) is 13.0. The molecule has 4 heteroatoms. The van der Waals surface area contributed by atoms with Gasteiger partial charge in [-0.2, -0.15) is 0 Å². The highest BCUT2D eigenvalue weighted by Gasteiger charge is 2.12. The van der Waals surface area contributed by atoms with Crippen molar-refractivity contribution in [3.63, 3.8) is 0 Å². The van der Waals surface area contributed by atoms with Crippen LogP contribution in [-0.2, 0) is 0 Å². The summed E-state index contributed by atoms with van der Waals surface area (Å²) in [6.45, 7) is 5.60. The number of hydrogen-bond acceptors (Lipinski definition) is 4. The summed E-state index contributed by atoms with van der Waals surface area (Å²) in [6, 6.07) is 3.54. The number of ketones is 1. The fourth-order valence-corrected chi connectivity index (χ4v) is 2.92. The fourth-order valence-electron chi connectivity index (χ4n) is 1.32. The van der Waals surface area contributed by atoms with Crippen LogP contribution in [0, 0.1) is 0 Å². The Morgan fingerprint density at radius 1 is 1.19 bits per heavy atom. The van der Waals surface area contributed by atoms with Crippen LogP contribution in [0.4, 0.5) is 0 Å². The predicted molar refractivity (Wildman–Crippen MR) is 70.9 cm³/mol. The fraction of sp³-hybridized carbons (Fsp3) is 0.417. The van der Waals surface area contributed by atoms with E-state index in [2.05, 4.69) is 0 Å². The number of aromatic hydroxyl groups is 1. The van der Waals surface area contributed by atoms with Crippen LogP contribution in [0.1, 0.15) is 31.1 Å². The van der Waals surface area contributed by atoms with Crippen LogP contribution in [0.2, 0.25) is 0 Å². The third-order valence-electron chi connectivity index (χ3n) is 2.05. The number of phenolic OH excluding ortho intramolecular Hbond substituents is 1. The summed E-state index contributed by atoms with van der Waals surface area (Å²) >= 11 is 3.12. The number of hydrogen-bond donors (Lipinski definition) is 1. The van der Waals surface area contributed by atoms with Crippen LogP contribution in [0.5, 0.6) is 5.75 Å². The minimum atomic E-state index is 0.0379. The molecule has 1 aromatic rings. The van der Waals surface area contributed by atoms with Gasteiger partial charge < -0.3 is 5.11 Å². The minimum Gasteiger partial charge on any atom is -0.506 e. The summed E-state index contributed by atoms with van der Waals surface area (Å²) in [5.74, 6) is 2.11. The molecule has 0 unspecified atom stereocenters. The lowest BCUT2D eigenvalue weighted by atomic mass is 10.1. The molecule has 1 N–H and O–H groups in total. The first-order chi connectivity index (χ1) is 7.60. The van der Waals surface area contributed by atoms with E-state index < -0.39 is 0 Å². The lowest BCUT2D eigenvalue weighted by Gasteiger charge is -2.10. The maximum atomic E-state index is 11.4. The molecule has 1 aromatic carbocycles. The first kappa shape index (κ1) is 13.5. The van der Waals surface area contributed by atoms with Gasteiger partial charge in [0, 0.05) is 5.56 Å². The molecule has 0 aliphatic heterocycles. The zero-order valence-electron chi connectivity index (χ0n) is 9.74. The quantitative estimate of drug-likeness (QED) is 0.642. The van der Waals surface area contributed by atoms with Crippen molar-refractivity contribution in [2.24, 2.45) is 0 Å². The second-order valence-electron chi connectivity index (χ2n) is 3.24. The molecule has 0 aliphatic carbocycles. The standard InChI is InChI=1S/C12H16O2S2/c1-4-15-10-6-9(8(3)13)7-11(12(10)14)16-5-2/h6-7,14H,4-5H2,1-3H3. The molecular weight excluding hydrogens is 240 g/mol. The maximum absolute atomic E-state index is 11.4. The summed E-state index contributed by atoms with van der Waals surface area (Å²) in [7, 11) is 0. The molecule has 88 valence electrons. The van der Waals surface area contributed by atoms with E-state index in [-0.39, 0.29) is 5.78 Å². The number of carbonyl (C=O) groups is 1. The summed E-state index contributed by atoms with van der Waals surface area (Å²) < 4.78 is 0. The van der Waals surface area contributed by atoms with E-state index in [0.717, 1.165) is 21.3 Å². The maximum Gasteiger partial charge on any atom is 0.159 e. The monoisotopic (exact) mass is 256 g/mol. The molecule has 0 aromatic heterocycles. The number of benzene rings is 1. The topological polar surface area (TPSA) is 37.3 Å². The average molecular weight is 256 g/mol. The Bertz CT molecular complexity index is 362. The number of thioether (sulfide) groups is 2. The second-order valence-corrected chi connectivity index (χ2v) is 5.86. The minimum absolute atomic E-state index is 0.0379. The van der Waals surface area contributed by atoms with E-state index >= 15 is 0 Å². The molecule has 0 saturated heterocycles. The Kier molecular flexibility index (Phi) is 5.22. The molecule has 0 radical (unpaired) electrons. The molecule has 0 heterocycles. The number of carbonyl (C=O) groups excluding carboxylic acids is 1. The molecule has 0 bridgehead atoms. The normalized spacial score (nSPS) is 10.4. The van der Waals surface area contributed by atoms with Crippen molar-refractivity contribution in [1.82, 2.24) is 0 Å². The third kappa shape index (κ3) is 3.19. The van der Waals surface area contributed by atoms with E-state index in [1.807, 2.05) is 13.8 Å². The van der Waals surface area contributed by atoms with Crippen molar-refractivity contribution in [2.45, 2.75) is 30.6 Å². The molecule has 0 amide bonds. The Morgan fingerprint density at radius 3 is 1.94 bits per heavy atom. The molecule has 16 heavy (non-hydrogen) atoms.